The van der Waals surface area contributed by atoms with E-state index in [-0.39, 0.29) is 17.4 Å². The van der Waals surface area contributed by atoms with E-state index in [0.29, 0.717) is 35.2 Å². The SMILES string of the molecule is N=C(c1ccc(CNC(=O)c2cc3ccccc3[nH]2)cc1)c1c(N)ncnc1NC1CCCC1. The fourth-order valence-corrected chi connectivity index (χ4v) is 4.43. The van der Waals surface area contributed by atoms with Gasteiger partial charge in [-0.05, 0) is 30.5 Å². The molecule has 0 spiro atoms. The van der Waals surface area contributed by atoms with Crippen LogP contribution in [-0.4, -0.2) is 32.6 Å². The van der Waals surface area contributed by atoms with Gasteiger partial charge in [-0.1, -0.05) is 55.3 Å². The molecule has 8 nitrogen and oxygen atoms in total. The number of aromatic nitrogens is 3. The fraction of sp³-hybridized carbons (Fsp3) is 0.231. The lowest BCUT2D eigenvalue weighted by molar-refractivity contribution is 0.0946. The maximum absolute atomic E-state index is 12.6. The smallest absolute Gasteiger partial charge is 0.267 e. The molecular weight excluding hydrogens is 426 g/mol. The van der Waals surface area contributed by atoms with Gasteiger partial charge in [0.05, 0.1) is 11.3 Å². The van der Waals surface area contributed by atoms with Crippen molar-refractivity contribution in [2.24, 2.45) is 0 Å². The third kappa shape index (κ3) is 4.47. The second-order valence-corrected chi connectivity index (χ2v) is 8.63. The highest BCUT2D eigenvalue weighted by atomic mass is 16.1. The number of hydrogen-bond donors (Lipinski definition) is 5. The Balaban J connectivity index is 1.27. The minimum atomic E-state index is -0.162. The van der Waals surface area contributed by atoms with Crippen LogP contribution < -0.4 is 16.4 Å². The maximum atomic E-state index is 12.6. The third-order valence-electron chi connectivity index (χ3n) is 6.29. The summed E-state index contributed by atoms with van der Waals surface area (Å²) in [4.78, 5) is 24.2. The maximum Gasteiger partial charge on any atom is 0.267 e. The zero-order chi connectivity index (χ0) is 23.5. The van der Waals surface area contributed by atoms with E-state index in [4.69, 9.17) is 11.1 Å². The molecule has 1 aliphatic rings. The second kappa shape index (κ2) is 9.35. The van der Waals surface area contributed by atoms with Gasteiger partial charge in [0.15, 0.2) is 0 Å². The summed E-state index contributed by atoms with van der Waals surface area (Å²) in [7, 11) is 0. The third-order valence-corrected chi connectivity index (χ3v) is 6.29. The van der Waals surface area contributed by atoms with Gasteiger partial charge in [-0.25, -0.2) is 9.97 Å². The highest BCUT2D eigenvalue weighted by molar-refractivity contribution is 6.16. The number of nitrogen functional groups attached to an aromatic ring is 1. The average molecular weight is 454 g/mol. The molecule has 5 rings (SSSR count). The summed E-state index contributed by atoms with van der Waals surface area (Å²) in [5.74, 6) is 0.735. The van der Waals surface area contributed by atoms with Crippen molar-refractivity contribution >= 4 is 34.2 Å². The molecule has 1 saturated carbocycles. The Labute approximate surface area is 197 Å². The summed E-state index contributed by atoms with van der Waals surface area (Å²) in [6.07, 6.45) is 6.01. The monoisotopic (exact) mass is 453 g/mol. The van der Waals surface area contributed by atoms with Crippen LogP contribution in [0.2, 0.25) is 0 Å². The first-order valence-corrected chi connectivity index (χ1v) is 11.5. The van der Waals surface area contributed by atoms with Crippen molar-refractivity contribution in [1.82, 2.24) is 20.3 Å². The molecular formula is C26H27N7O. The molecule has 4 aromatic rings. The number of rotatable bonds is 7. The van der Waals surface area contributed by atoms with Crippen molar-refractivity contribution in [3.8, 4) is 0 Å². The largest absolute Gasteiger partial charge is 0.383 e. The van der Waals surface area contributed by atoms with Crippen LogP contribution in [0, 0.1) is 5.41 Å². The molecule has 172 valence electrons. The van der Waals surface area contributed by atoms with Crippen molar-refractivity contribution in [3.05, 3.63) is 83.3 Å². The molecule has 1 amide bonds. The van der Waals surface area contributed by atoms with Gasteiger partial charge in [0, 0.05) is 29.1 Å². The van der Waals surface area contributed by atoms with Crippen LogP contribution in [0.1, 0.15) is 52.9 Å². The van der Waals surface area contributed by atoms with Crippen molar-refractivity contribution in [2.75, 3.05) is 11.1 Å². The normalized spacial score (nSPS) is 13.8. The van der Waals surface area contributed by atoms with Gasteiger partial charge >= 0.3 is 0 Å². The van der Waals surface area contributed by atoms with Gasteiger partial charge in [0.1, 0.15) is 23.7 Å². The van der Waals surface area contributed by atoms with Gasteiger partial charge in [-0.15, -0.1) is 0 Å². The first kappa shape index (κ1) is 21.6. The summed E-state index contributed by atoms with van der Waals surface area (Å²) in [6.45, 7) is 0.382. The minimum Gasteiger partial charge on any atom is -0.383 e. The summed E-state index contributed by atoms with van der Waals surface area (Å²) >= 11 is 0. The number of nitrogens with one attached hydrogen (secondary N) is 4. The molecule has 0 atom stereocenters. The minimum absolute atomic E-state index is 0.162. The average Bonchev–Trinajstić information content (AvgIpc) is 3.52. The number of benzene rings is 2. The van der Waals surface area contributed by atoms with Crippen LogP contribution in [-0.2, 0) is 6.54 Å². The van der Waals surface area contributed by atoms with E-state index in [9.17, 15) is 4.79 Å². The van der Waals surface area contributed by atoms with Gasteiger partial charge in [0.25, 0.3) is 5.91 Å². The number of hydrogen-bond acceptors (Lipinski definition) is 6. The quantitative estimate of drug-likeness (QED) is 0.267. The van der Waals surface area contributed by atoms with Crippen LogP contribution in [0.15, 0.2) is 60.9 Å². The number of amides is 1. The Morgan fingerprint density at radius 2 is 1.85 bits per heavy atom. The van der Waals surface area contributed by atoms with Gasteiger partial charge < -0.3 is 21.4 Å². The molecule has 2 heterocycles. The van der Waals surface area contributed by atoms with E-state index in [1.54, 1.807) is 0 Å². The fourth-order valence-electron chi connectivity index (χ4n) is 4.43. The van der Waals surface area contributed by atoms with E-state index < -0.39 is 0 Å². The lowest BCUT2D eigenvalue weighted by Crippen LogP contribution is -2.23. The van der Waals surface area contributed by atoms with E-state index in [1.807, 2.05) is 54.6 Å². The highest BCUT2D eigenvalue weighted by Gasteiger charge is 2.21. The lowest BCUT2D eigenvalue weighted by Gasteiger charge is -2.17. The molecule has 6 N–H and O–H groups in total. The Hall–Kier alpha value is -4.20. The zero-order valence-electron chi connectivity index (χ0n) is 18.8. The van der Waals surface area contributed by atoms with Crippen molar-refractivity contribution in [3.63, 3.8) is 0 Å². The van der Waals surface area contributed by atoms with Gasteiger partial charge in [-0.2, -0.15) is 0 Å². The number of H-pyrrole nitrogens is 1. The Morgan fingerprint density at radius 3 is 2.62 bits per heavy atom. The van der Waals surface area contributed by atoms with Crippen LogP contribution in [0.5, 0.6) is 0 Å². The molecule has 1 fully saturated rings. The van der Waals surface area contributed by atoms with Crippen LogP contribution in [0.3, 0.4) is 0 Å². The second-order valence-electron chi connectivity index (χ2n) is 8.63. The van der Waals surface area contributed by atoms with Crippen LogP contribution >= 0.6 is 0 Å². The molecule has 34 heavy (non-hydrogen) atoms. The van der Waals surface area contributed by atoms with Crippen LogP contribution in [0.25, 0.3) is 10.9 Å². The Kier molecular flexibility index (Phi) is 5.95. The van der Waals surface area contributed by atoms with Gasteiger partial charge in [0.2, 0.25) is 0 Å². The van der Waals surface area contributed by atoms with Crippen LogP contribution in [0.4, 0.5) is 11.6 Å². The van der Waals surface area contributed by atoms with E-state index in [1.165, 1.54) is 19.2 Å². The molecule has 0 saturated heterocycles. The zero-order valence-corrected chi connectivity index (χ0v) is 18.8. The van der Waals surface area contributed by atoms with Gasteiger partial charge in [-0.3, -0.25) is 10.2 Å². The predicted molar refractivity (Wildman–Crippen MR) is 134 cm³/mol. The number of aromatic amines is 1. The Bertz CT molecular complexity index is 1300. The van der Waals surface area contributed by atoms with E-state index in [0.717, 1.165) is 29.3 Å². The summed E-state index contributed by atoms with van der Waals surface area (Å²) in [5.41, 5.74) is 10.0. The van der Waals surface area contributed by atoms with Crippen molar-refractivity contribution < 1.29 is 4.79 Å². The first-order valence-electron chi connectivity index (χ1n) is 11.5. The number of para-hydroxylation sites is 1. The highest BCUT2D eigenvalue weighted by Crippen LogP contribution is 2.26. The number of carbonyl (C=O) groups excluding carboxylic acids is 1. The summed E-state index contributed by atoms with van der Waals surface area (Å²) in [6, 6.07) is 17.5. The van der Waals surface area contributed by atoms with Crippen molar-refractivity contribution in [1.29, 1.82) is 5.41 Å². The summed E-state index contributed by atoms with van der Waals surface area (Å²) < 4.78 is 0. The summed E-state index contributed by atoms with van der Waals surface area (Å²) in [5, 5.41) is 16.1. The first-order chi connectivity index (χ1) is 16.6. The molecule has 0 aliphatic heterocycles. The topological polar surface area (TPSA) is 133 Å². The molecule has 2 aromatic carbocycles. The number of fused-ring (bicyclic) bond motifs is 1. The number of anilines is 2. The molecule has 0 unspecified atom stereocenters. The van der Waals surface area contributed by atoms with E-state index in [2.05, 4.69) is 25.6 Å². The number of carbonyl (C=O) groups is 1. The number of nitrogens with zero attached hydrogens (tertiary/aromatic N) is 2. The van der Waals surface area contributed by atoms with Crippen molar-refractivity contribution in [2.45, 2.75) is 38.3 Å². The number of nitrogens with two attached hydrogens (primary N) is 1. The predicted octanol–water partition coefficient (Wildman–Crippen LogP) is 4.24. The molecule has 0 bridgehead atoms. The molecule has 2 aromatic heterocycles. The molecule has 8 heteroatoms. The Morgan fingerprint density at radius 1 is 1.09 bits per heavy atom. The standard InChI is InChI=1S/C26H27N7O/c27-23(22-24(28)30-15-31-25(22)32-19-6-2-3-7-19)17-11-9-16(10-12-17)14-29-26(34)21-13-18-5-1-4-8-20(18)33-21/h1,4-5,8-13,15,19,27,33H,2-3,6-7,14H2,(H,29,34)(H3,28,30,31,32). The van der Waals surface area contributed by atoms with E-state index >= 15 is 0 Å². The molecule has 1 aliphatic carbocycles. The lowest BCUT2D eigenvalue weighted by atomic mass is 10.0. The molecule has 0 radical (unpaired) electrons.